The van der Waals surface area contributed by atoms with Crippen molar-refractivity contribution in [2.24, 2.45) is 0 Å². The number of hydrogen-bond donors (Lipinski definition) is 1. The van der Waals surface area contributed by atoms with Gasteiger partial charge in [0.25, 0.3) is 0 Å². The van der Waals surface area contributed by atoms with Crippen LogP contribution in [0.4, 0.5) is 5.69 Å². The van der Waals surface area contributed by atoms with Crippen molar-refractivity contribution in [2.75, 3.05) is 31.1 Å². The van der Waals surface area contributed by atoms with Crippen LogP contribution in [0.25, 0.3) is 0 Å². The van der Waals surface area contributed by atoms with E-state index in [1.165, 1.54) is 12.8 Å². The maximum Gasteiger partial charge on any atom is 0.0702 e. The molecule has 0 atom stereocenters. The predicted molar refractivity (Wildman–Crippen MR) is 74.2 cm³/mol. The molecule has 1 aliphatic heterocycles. The lowest BCUT2D eigenvalue weighted by Crippen LogP contribution is -2.47. The number of rotatable bonds is 3. The Kier molecular flexibility index (Phi) is 3.46. The molecule has 3 rings (SSSR count). The van der Waals surface area contributed by atoms with E-state index in [1.807, 2.05) is 18.2 Å². The van der Waals surface area contributed by atoms with E-state index in [0.717, 1.165) is 48.5 Å². The Balaban J connectivity index is 1.75. The topological polar surface area (TPSA) is 26.7 Å². The molecule has 1 aromatic rings. The molecule has 0 unspecified atom stereocenters. The van der Waals surface area contributed by atoms with Crippen LogP contribution >= 0.6 is 11.6 Å². The molecule has 1 aliphatic carbocycles. The first-order valence-electron chi connectivity index (χ1n) is 6.67. The van der Waals surface area contributed by atoms with Gasteiger partial charge in [-0.1, -0.05) is 23.7 Å². The Hall–Kier alpha value is -0.770. The molecule has 1 saturated carbocycles. The first-order chi connectivity index (χ1) is 8.79. The van der Waals surface area contributed by atoms with Crippen LogP contribution in [0.2, 0.25) is 5.02 Å². The standard InChI is InChI=1S/C14H19ClN2O/c15-13-3-1-2-11(10-18)14(13)17-8-6-16(7-9-17)12-4-5-12/h1-3,12,18H,4-10H2. The van der Waals surface area contributed by atoms with Gasteiger partial charge in [0.1, 0.15) is 0 Å². The Bertz CT molecular complexity index is 426. The zero-order valence-corrected chi connectivity index (χ0v) is 11.2. The summed E-state index contributed by atoms with van der Waals surface area (Å²) in [7, 11) is 0. The van der Waals surface area contributed by atoms with Gasteiger partial charge in [-0.05, 0) is 18.9 Å². The van der Waals surface area contributed by atoms with Gasteiger partial charge in [-0.2, -0.15) is 0 Å². The molecule has 4 heteroatoms. The van der Waals surface area contributed by atoms with E-state index < -0.39 is 0 Å². The third-order valence-electron chi connectivity index (χ3n) is 3.93. The van der Waals surface area contributed by atoms with E-state index in [2.05, 4.69) is 9.80 Å². The zero-order chi connectivity index (χ0) is 12.5. The molecule has 1 heterocycles. The molecule has 2 fully saturated rings. The first kappa shape index (κ1) is 12.3. The molecular formula is C14H19ClN2O. The van der Waals surface area contributed by atoms with E-state index in [1.54, 1.807) is 0 Å². The number of anilines is 1. The summed E-state index contributed by atoms with van der Waals surface area (Å²) in [6.07, 6.45) is 2.74. The summed E-state index contributed by atoms with van der Waals surface area (Å²) in [5.41, 5.74) is 1.96. The highest BCUT2D eigenvalue weighted by Crippen LogP contribution is 2.33. The molecule has 18 heavy (non-hydrogen) atoms. The summed E-state index contributed by atoms with van der Waals surface area (Å²) < 4.78 is 0. The monoisotopic (exact) mass is 266 g/mol. The normalized spacial score (nSPS) is 21.3. The smallest absolute Gasteiger partial charge is 0.0702 e. The SMILES string of the molecule is OCc1cccc(Cl)c1N1CCN(C2CC2)CC1. The number of para-hydroxylation sites is 1. The Labute approximate surface area is 113 Å². The first-order valence-corrected chi connectivity index (χ1v) is 7.04. The van der Waals surface area contributed by atoms with Crippen LogP contribution < -0.4 is 4.90 Å². The van der Waals surface area contributed by atoms with Gasteiger partial charge >= 0.3 is 0 Å². The van der Waals surface area contributed by atoms with Crippen LogP contribution in [0, 0.1) is 0 Å². The Morgan fingerprint density at radius 2 is 1.89 bits per heavy atom. The second-order valence-electron chi connectivity index (χ2n) is 5.16. The number of aliphatic hydroxyl groups is 1. The number of nitrogens with zero attached hydrogens (tertiary/aromatic N) is 2. The minimum absolute atomic E-state index is 0.0543. The van der Waals surface area contributed by atoms with Gasteiger partial charge in [-0.15, -0.1) is 0 Å². The van der Waals surface area contributed by atoms with Crippen molar-refractivity contribution in [2.45, 2.75) is 25.5 Å². The maximum absolute atomic E-state index is 9.43. The van der Waals surface area contributed by atoms with Crippen LogP contribution in [0.3, 0.4) is 0 Å². The minimum atomic E-state index is 0.0543. The zero-order valence-electron chi connectivity index (χ0n) is 10.5. The second-order valence-corrected chi connectivity index (χ2v) is 5.57. The molecule has 0 spiro atoms. The molecule has 3 nitrogen and oxygen atoms in total. The molecule has 1 aromatic carbocycles. The van der Waals surface area contributed by atoms with Gasteiger partial charge in [0, 0.05) is 37.8 Å². The average molecular weight is 267 g/mol. The van der Waals surface area contributed by atoms with Gasteiger partial charge in [-0.25, -0.2) is 0 Å². The van der Waals surface area contributed by atoms with Gasteiger partial charge in [0.05, 0.1) is 17.3 Å². The fourth-order valence-electron chi connectivity index (χ4n) is 2.79. The maximum atomic E-state index is 9.43. The van der Waals surface area contributed by atoms with E-state index in [-0.39, 0.29) is 6.61 Å². The molecule has 2 aliphatic rings. The number of benzene rings is 1. The van der Waals surface area contributed by atoms with Crippen LogP contribution in [0.1, 0.15) is 18.4 Å². The summed E-state index contributed by atoms with van der Waals surface area (Å²) in [5.74, 6) is 0. The third kappa shape index (κ3) is 2.35. The molecule has 0 bridgehead atoms. The van der Waals surface area contributed by atoms with Gasteiger partial charge in [0.2, 0.25) is 0 Å². The van der Waals surface area contributed by atoms with E-state index in [4.69, 9.17) is 11.6 Å². The minimum Gasteiger partial charge on any atom is -0.392 e. The highest BCUT2D eigenvalue weighted by molar-refractivity contribution is 6.33. The number of halogens is 1. The highest BCUT2D eigenvalue weighted by atomic mass is 35.5. The lowest BCUT2D eigenvalue weighted by Gasteiger charge is -2.37. The summed E-state index contributed by atoms with van der Waals surface area (Å²) in [6.45, 7) is 4.29. The molecule has 0 radical (unpaired) electrons. The molecule has 0 amide bonds. The second kappa shape index (κ2) is 5.08. The quantitative estimate of drug-likeness (QED) is 0.908. The van der Waals surface area contributed by atoms with Crippen LogP contribution in [-0.4, -0.2) is 42.2 Å². The van der Waals surface area contributed by atoms with Crippen LogP contribution in [0.5, 0.6) is 0 Å². The van der Waals surface area contributed by atoms with Gasteiger partial charge < -0.3 is 10.0 Å². The van der Waals surface area contributed by atoms with Crippen molar-refractivity contribution >= 4 is 17.3 Å². The van der Waals surface area contributed by atoms with Crippen LogP contribution in [0.15, 0.2) is 18.2 Å². The summed E-state index contributed by atoms with van der Waals surface area (Å²) in [5, 5.41) is 10.2. The number of hydrogen-bond acceptors (Lipinski definition) is 3. The van der Waals surface area contributed by atoms with Crippen molar-refractivity contribution < 1.29 is 5.11 Å². The third-order valence-corrected chi connectivity index (χ3v) is 4.24. The van der Waals surface area contributed by atoms with Crippen molar-refractivity contribution in [3.63, 3.8) is 0 Å². The molecule has 1 N–H and O–H groups in total. The lowest BCUT2D eigenvalue weighted by molar-refractivity contribution is 0.246. The fraction of sp³-hybridized carbons (Fsp3) is 0.571. The Morgan fingerprint density at radius 1 is 1.17 bits per heavy atom. The Morgan fingerprint density at radius 3 is 2.50 bits per heavy atom. The molecule has 0 aromatic heterocycles. The van der Waals surface area contributed by atoms with E-state index in [0.29, 0.717) is 0 Å². The molecule has 98 valence electrons. The summed E-state index contributed by atoms with van der Waals surface area (Å²) in [4.78, 5) is 4.89. The van der Waals surface area contributed by atoms with Crippen molar-refractivity contribution in [3.8, 4) is 0 Å². The van der Waals surface area contributed by atoms with Gasteiger partial charge in [0.15, 0.2) is 0 Å². The number of aliphatic hydroxyl groups excluding tert-OH is 1. The summed E-state index contributed by atoms with van der Waals surface area (Å²) >= 11 is 6.29. The largest absolute Gasteiger partial charge is 0.392 e. The van der Waals surface area contributed by atoms with Crippen LogP contribution in [-0.2, 0) is 6.61 Å². The predicted octanol–water partition coefficient (Wildman–Crippen LogP) is 2.12. The van der Waals surface area contributed by atoms with E-state index in [9.17, 15) is 5.11 Å². The molecule has 1 saturated heterocycles. The summed E-state index contributed by atoms with van der Waals surface area (Å²) in [6, 6.07) is 6.60. The van der Waals surface area contributed by atoms with Crippen molar-refractivity contribution in [3.05, 3.63) is 28.8 Å². The van der Waals surface area contributed by atoms with Crippen molar-refractivity contribution in [1.29, 1.82) is 0 Å². The lowest BCUT2D eigenvalue weighted by atomic mass is 10.1. The van der Waals surface area contributed by atoms with E-state index >= 15 is 0 Å². The fourth-order valence-corrected chi connectivity index (χ4v) is 3.11. The van der Waals surface area contributed by atoms with Crippen molar-refractivity contribution in [1.82, 2.24) is 4.90 Å². The molecular weight excluding hydrogens is 248 g/mol. The number of piperazine rings is 1. The highest BCUT2D eigenvalue weighted by Gasteiger charge is 2.31. The average Bonchev–Trinajstić information content (AvgIpc) is 3.23. The van der Waals surface area contributed by atoms with Gasteiger partial charge in [-0.3, -0.25) is 4.90 Å².